The van der Waals surface area contributed by atoms with Crippen molar-refractivity contribution >= 4 is 18.1 Å². The van der Waals surface area contributed by atoms with Gasteiger partial charge in [-0.2, -0.15) is 0 Å². The molecule has 1 heterocycles. The Bertz CT molecular complexity index is 156. The summed E-state index contributed by atoms with van der Waals surface area (Å²) in [5.74, 6) is 0. The van der Waals surface area contributed by atoms with Crippen molar-refractivity contribution in [1.29, 1.82) is 0 Å². The molecule has 0 bridgehead atoms. The predicted molar refractivity (Wildman–Crippen MR) is 36.9 cm³/mol. The molecule has 0 aliphatic rings. The first kappa shape index (κ1) is 8.20. The largest absolute Gasteiger partial charge is 0.291 e. The van der Waals surface area contributed by atoms with Gasteiger partial charge in [-0.15, -0.1) is 12.4 Å². The fourth-order valence-electron chi connectivity index (χ4n) is 0.426. The molecule has 0 unspecified atom stereocenters. The summed E-state index contributed by atoms with van der Waals surface area (Å²) >= 11 is 0. The Labute approximate surface area is 59.1 Å². The molecule has 0 amide bonds. The maximum Gasteiger partial charge on any atom is 0.0632 e. The molecule has 9 heavy (non-hydrogen) atoms. The van der Waals surface area contributed by atoms with Crippen molar-refractivity contribution in [3.05, 3.63) is 24.5 Å². The van der Waals surface area contributed by atoms with Crippen molar-refractivity contribution in [2.45, 2.75) is 0 Å². The maximum atomic E-state index is 8.26. The topological polar surface area (TPSA) is 45.1 Å². The van der Waals surface area contributed by atoms with Crippen molar-refractivity contribution in [2.24, 2.45) is 0 Å². The minimum Gasteiger partial charge on any atom is -0.291 e. The van der Waals surface area contributed by atoms with E-state index >= 15 is 0 Å². The molecule has 0 saturated carbocycles. The predicted octanol–water partition coefficient (Wildman–Crippen LogP) is 1.30. The number of nitrogens with one attached hydrogen (secondary N) is 1. The highest BCUT2D eigenvalue weighted by molar-refractivity contribution is 5.85. The zero-order valence-electron chi connectivity index (χ0n) is 4.61. The van der Waals surface area contributed by atoms with Gasteiger partial charge < -0.3 is 0 Å². The molecule has 50 valence electrons. The molecule has 0 aliphatic heterocycles. The number of anilines is 1. The van der Waals surface area contributed by atoms with Crippen LogP contribution in [-0.2, 0) is 0 Å². The fourth-order valence-corrected chi connectivity index (χ4v) is 0.426. The van der Waals surface area contributed by atoms with E-state index in [1.54, 1.807) is 24.5 Å². The molecule has 1 aromatic heterocycles. The van der Waals surface area contributed by atoms with E-state index in [0.717, 1.165) is 0 Å². The molecule has 0 saturated heterocycles. The normalized spacial score (nSPS) is 7.67. The summed E-state index contributed by atoms with van der Waals surface area (Å²) in [4.78, 5) is 3.74. The van der Waals surface area contributed by atoms with E-state index in [1.165, 1.54) is 0 Å². The minimum absolute atomic E-state index is 0. The molecule has 0 aromatic carbocycles. The smallest absolute Gasteiger partial charge is 0.0632 e. The third-order valence-electron chi connectivity index (χ3n) is 0.809. The Morgan fingerprint density at radius 3 is 2.22 bits per heavy atom. The molecule has 2 N–H and O–H groups in total. The quantitative estimate of drug-likeness (QED) is 0.588. The lowest BCUT2D eigenvalue weighted by Crippen LogP contribution is -1.86. The molecule has 0 radical (unpaired) electrons. The van der Waals surface area contributed by atoms with E-state index in [9.17, 15) is 0 Å². The average Bonchev–Trinajstić information content (AvgIpc) is 1.90. The molecule has 0 atom stereocenters. The van der Waals surface area contributed by atoms with Gasteiger partial charge in [0, 0.05) is 12.4 Å². The number of halogens is 1. The zero-order chi connectivity index (χ0) is 5.82. The number of nitrogens with zero attached hydrogens (tertiary/aromatic N) is 1. The molecular weight excluding hydrogens is 140 g/mol. The van der Waals surface area contributed by atoms with Crippen LogP contribution in [0.1, 0.15) is 0 Å². The van der Waals surface area contributed by atoms with Gasteiger partial charge in [0.05, 0.1) is 5.69 Å². The SMILES string of the molecule is Cl.ONc1ccncc1. The number of rotatable bonds is 1. The van der Waals surface area contributed by atoms with Crippen molar-refractivity contribution in [3.8, 4) is 0 Å². The highest BCUT2D eigenvalue weighted by atomic mass is 35.5. The van der Waals surface area contributed by atoms with Gasteiger partial charge >= 0.3 is 0 Å². The number of hydrogen-bond donors (Lipinski definition) is 2. The van der Waals surface area contributed by atoms with E-state index in [2.05, 4.69) is 4.98 Å². The third kappa shape index (κ3) is 2.30. The van der Waals surface area contributed by atoms with Crippen molar-refractivity contribution in [3.63, 3.8) is 0 Å². The Morgan fingerprint density at radius 1 is 1.33 bits per heavy atom. The van der Waals surface area contributed by atoms with Gasteiger partial charge in [0.2, 0.25) is 0 Å². The number of pyridine rings is 1. The van der Waals surface area contributed by atoms with Gasteiger partial charge in [0.15, 0.2) is 0 Å². The molecule has 3 nitrogen and oxygen atoms in total. The molecule has 4 heteroatoms. The maximum absolute atomic E-state index is 8.26. The van der Waals surface area contributed by atoms with Gasteiger partial charge in [-0.1, -0.05) is 0 Å². The van der Waals surface area contributed by atoms with E-state index in [0.29, 0.717) is 5.69 Å². The lowest BCUT2D eigenvalue weighted by atomic mass is 10.4. The first-order valence-corrected chi connectivity index (χ1v) is 2.23. The van der Waals surface area contributed by atoms with Gasteiger partial charge in [-0.05, 0) is 12.1 Å². The first-order chi connectivity index (χ1) is 3.93. The highest BCUT2D eigenvalue weighted by Gasteiger charge is 1.80. The second-order valence-electron chi connectivity index (χ2n) is 1.35. The van der Waals surface area contributed by atoms with Crippen LogP contribution in [0, 0.1) is 0 Å². The molecule has 0 spiro atoms. The van der Waals surface area contributed by atoms with Crippen molar-refractivity contribution in [2.75, 3.05) is 5.48 Å². The summed E-state index contributed by atoms with van der Waals surface area (Å²) < 4.78 is 0. The van der Waals surface area contributed by atoms with Crippen molar-refractivity contribution < 1.29 is 5.21 Å². The van der Waals surface area contributed by atoms with E-state index in [4.69, 9.17) is 5.21 Å². The third-order valence-corrected chi connectivity index (χ3v) is 0.809. The summed E-state index contributed by atoms with van der Waals surface area (Å²) in [6.45, 7) is 0. The van der Waals surface area contributed by atoms with Crippen LogP contribution in [0.4, 0.5) is 5.69 Å². The van der Waals surface area contributed by atoms with E-state index in [1.807, 2.05) is 5.48 Å². The van der Waals surface area contributed by atoms with Gasteiger partial charge in [-0.25, -0.2) is 0 Å². The summed E-state index contributed by atoms with van der Waals surface area (Å²) in [7, 11) is 0. The number of aromatic nitrogens is 1. The second-order valence-corrected chi connectivity index (χ2v) is 1.35. The van der Waals surface area contributed by atoms with Crippen LogP contribution in [0.15, 0.2) is 24.5 Å². The van der Waals surface area contributed by atoms with E-state index < -0.39 is 0 Å². The Balaban J connectivity index is 0.000000640. The van der Waals surface area contributed by atoms with Crippen LogP contribution in [-0.4, -0.2) is 10.2 Å². The summed E-state index contributed by atoms with van der Waals surface area (Å²) in [6, 6.07) is 3.33. The lowest BCUT2D eigenvalue weighted by molar-refractivity contribution is 0.389. The monoisotopic (exact) mass is 146 g/mol. The highest BCUT2D eigenvalue weighted by Crippen LogP contribution is 1.99. The fraction of sp³-hybridized carbons (Fsp3) is 0. The zero-order valence-corrected chi connectivity index (χ0v) is 5.43. The molecule has 0 fully saturated rings. The van der Waals surface area contributed by atoms with Crippen LogP contribution < -0.4 is 5.48 Å². The van der Waals surface area contributed by atoms with Crippen LogP contribution in [0.3, 0.4) is 0 Å². The average molecular weight is 147 g/mol. The summed E-state index contributed by atoms with van der Waals surface area (Å²) in [5.41, 5.74) is 2.64. The van der Waals surface area contributed by atoms with Gasteiger partial charge in [0.25, 0.3) is 0 Å². The van der Waals surface area contributed by atoms with E-state index in [-0.39, 0.29) is 12.4 Å². The van der Waals surface area contributed by atoms with Crippen LogP contribution >= 0.6 is 12.4 Å². The van der Waals surface area contributed by atoms with Crippen LogP contribution in [0.5, 0.6) is 0 Å². The molecular formula is C5H7ClN2O. The van der Waals surface area contributed by atoms with Crippen LogP contribution in [0.25, 0.3) is 0 Å². The van der Waals surface area contributed by atoms with Gasteiger partial charge in [-0.3, -0.25) is 15.7 Å². The Hall–Kier alpha value is -0.800. The standard InChI is InChI=1S/C5H6N2O.ClH/c8-7-5-1-3-6-4-2-5;/h1-4,8H,(H,6,7);1H. The molecule has 1 aromatic rings. The Kier molecular flexibility index (Phi) is 3.75. The van der Waals surface area contributed by atoms with Crippen molar-refractivity contribution in [1.82, 2.24) is 4.98 Å². The lowest BCUT2D eigenvalue weighted by Gasteiger charge is -1.92. The Morgan fingerprint density at radius 2 is 1.89 bits per heavy atom. The first-order valence-electron chi connectivity index (χ1n) is 2.23. The van der Waals surface area contributed by atoms with Crippen LogP contribution in [0.2, 0.25) is 0 Å². The molecule has 1 rings (SSSR count). The van der Waals surface area contributed by atoms with Gasteiger partial charge in [0.1, 0.15) is 0 Å². The number of hydrogen-bond acceptors (Lipinski definition) is 3. The summed E-state index contributed by atoms with van der Waals surface area (Å²) in [6.07, 6.45) is 3.19. The summed E-state index contributed by atoms with van der Waals surface area (Å²) in [5, 5.41) is 8.26. The minimum atomic E-state index is 0. The second kappa shape index (κ2) is 4.12. The molecule has 0 aliphatic carbocycles.